The zero-order chi connectivity index (χ0) is 48.7. The maximum absolute atomic E-state index is 5.70. The average Bonchev–Trinajstić information content (AvgIpc) is 3.49. The average molecular weight is 938 g/mol. The van der Waals surface area contributed by atoms with Crippen LogP contribution < -0.4 is 0 Å². The van der Waals surface area contributed by atoms with Gasteiger partial charge in [0, 0.05) is 33.0 Å². The van der Waals surface area contributed by atoms with E-state index in [9.17, 15) is 0 Å². The SMILES string of the molecule is c1ccc(-c2cc(-c3ccc(-c4cc5c(-c6ccc7c8ccccc8c8ccccc8c7c6)cc(-c6ccc7c8ccccc8c8ccccc8c7c6)nc5c5ccccc45)cc3)nc(-c3ccccc3)n2)cc1. The van der Waals surface area contributed by atoms with E-state index in [1.807, 2.05) is 24.3 Å². The third-order valence-corrected chi connectivity index (χ3v) is 15.2. The summed E-state index contributed by atoms with van der Waals surface area (Å²) in [5, 5.41) is 18.4. The number of fused-ring (bicyclic) bond motifs is 15. The molecule has 0 atom stereocenters. The molecule has 0 fully saturated rings. The lowest BCUT2D eigenvalue weighted by molar-refractivity contribution is 1.18. The normalized spacial score (nSPS) is 11.8. The first kappa shape index (κ1) is 41.9. The fourth-order valence-electron chi connectivity index (χ4n) is 11.7. The number of hydrogen-bond acceptors (Lipinski definition) is 3. The second-order valence-electron chi connectivity index (χ2n) is 19.4. The molecular weight excluding hydrogens is 895 g/mol. The van der Waals surface area contributed by atoms with Gasteiger partial charge in [0.2, 0.25) is 0 Å². The summed E-state index contributed by atoms with van der Waals surface area (Å²) < 4.78 is 0. The smallest absolute Gasteiger partial charge is 0.160 e. The monoisotopic (exact) mass is 937 g/mol. The van der Waals surface area contributed by atoms with Gasteiger partial charge in [0.1, 0.15) is 0 Å². The highest BCUT2D eigenvalue weighted by atomic mass is 14.9. The summed E-state index contributed by atoms with van der Waals surface area (Å²) in [6.07, 6.45) is 0. The molecule has 0 radical (unpaired) electrons. The van der Waals surface area contributed by atoms with E-state index in [1.54, 1.807) is 0 Å². The fraction of sp³-hybridized carbons (Fsp3) is 0. The highest BCUT2D eigenvalue weighted by molar-refractivity contribution is 6.27. The van der Waals surface area contributed by atoms with Gasteiger partial charge >= 0.3 is 0 Å². The molecule has 0 saturated heterocycles. The standard InChI is InChI=1S/C71H43N3/c1-3-17-45(18-4-1)68-43-69(74-71(73-68)47-19-5-2-6-20-47)46-33-31-44(32-34-46)62-41-66-63(48-35-37-59-54-25-9-7-21-50(54)52-23-11-13-27-56(52)64(59)39-48)42-67(72-70(66)61-30-16-15-29-58(61)62)49-36-38-60-55-26-10-8-22-51(55)53-24-12-14-28-57(53)65(60)40-49/h1-43H. The van der Waals surface area contributed by atoms with Crippen LogP contribution >= 0.6 is 0 Å². The molecule has 0 spiro atoms. The van der Waals surface area contributed by atoms with E-state index < -0.39 is 0 Å². The van der Waals surface area contributed by atoms with Crippen LogP contribution in [0.1, 0.15) is 0 Å². The molecule has 2 aromatic heterocycles. The predicted octanol–water partition coefficient (Wildman–Crippen LogP) is 19.1. The quantitative estimate of drug-likeness (QED) is 0.156. The summed E-state index contributed by atoms with van der Waals surface area (Å²) in [5.74, 6) is 0.700. The second kappa shape index (κ2) is 16.9. The van der Waals surface area contributed by atoms with E-state index in [0.717, 1.165) is 83.3 Å². The fourth-order valence-corrected chi connectivity index (χ4v) is 11.7. The maximum Gasteiger partial charge on any atom is 0.160 e. The lowest BCUT2D eigenvalue weighted by Crippen LogP contribution is -1.96. The Kier molecular flexibility index (Phi) is 9.57. The van der Waals surface area contributed by atoms with Gasteiger partial charge in [0.25, 0.3) is 0 Å². The van der Waals surface area contributed by atoms with Gasteiger partial charge in [0.05, 0.1) is 22.6 Å². The Hall–Kier alpha value is -9.83. The van der Waals surface area contributed by atoms with Crippen LogP contribution in [0.4, 0.5) is 0 Å². The van der Waals surface area contributed by atoms with Crippen LogP contribution in [0.2, 0.25) is 0 Å². The number of benzene rings is 13. The number of pyridine rings is 1. The number of nitrogens with zero attached hydrogens (tertiary/aromatic N) is 3. The van der Waals surface area contributed by atoms with Crippen LogP contribution in [-0.4, -0.2) is 15.0 Å². The molecule has 15 rings (SSSR count). The first-order valence-corrected chi connectivity index (χ1v) is 25.3. The molecule has 13 aromatic carbocycles. The molecule has 0 bridgehead atoms. The largest absolute Gasteiger partial charge is 0.247 e. The molecular formula is C71H43N3. The summed E-state index contributed by atoms with van der Waals surface area (Å²) in [6.45, 7) is 0. The van der Waals surface area contributed by atoms with Crippen LogP contribution in [0.25, 0.3) is 154 Å². The van der Waals surface area contributed by atoms with Gasteiger partial charge in [-0.1, -0.05) is 231 Å². The van der Waals surface area contributed by atoms with Crippen molar-refractivity contribution in [1.82, 2.24) is 15.0 Å². The molecule has 342 valence electrons. The van der Waals surface area contributed by atoms with Crippen molar-refractivity contribution in [3.63, 3.8) is 0 Å². The van der Waals surface area contributed by atoms with Crippen LogP contribution in [0.3, 0.4) is 0 Å². The zero-order valence-electron chi connectivity index (χ0n) is 40.2. The molecule has 3 nitrogen and oxygen atoms in total. The van der Waals surface area contributed by atoms with E-state index in [-0.39, 0.29) is 0 Å². The molecule has 0 aliphatic carbocycles. The van der Waals surface area contributed by atoms with Gasteiger partial charge in [-0.05, 0) is 123 Å². The maximum atomic E-state index is 5.70. The molecule has 15 aromatic rings. The van der Waals surface area contributed by atoms with Crippen LogP contribution in [0, 0.1) is 0 Å². The van der Waals surface area contributed by atoms with Crippen molar-refractivity contribution < 1.29 is 0 Å². The summed E-state index contributed by atoms with van der Waals surface area (Å²) in [6, 6.07) is 94.3. The minimum absolute atomic E-state index is 0.700. The minimum Gasteiger partial charge on any atom is -0.247 e. The van der Waals surface area contributed by atoms with Crippen molar-refractivity contribution in [1.29, 1.82) is 0 Å². The molecule has 0 amide bonds. The number of aromatic nitrogens is 3. The molecule has 3 heteroatoms. The van der Waals surface area contributed by atoms with Crippen LogP contribution in [0.5, 0.6) is 0 Å². The predicted molar refractivity (Wildman–Crippen MR) is 312 cm³/mol. The topological polar surface area (TPSA) is 38.7 Å². The Morgan fingerprint density at radius 3 is 1.05 bits per heavy atom. The zero-order valence-corrected chi connectivity index (χ0v) is 40.2. The summed E-state index contributed by atoms with van der Waals surface area (Å²) in [7, 11) is 0. The summed E-state index contributed by atoms with van der Waals surface area (Å²) in [5.41, 5.74) is 12.4. The summed E-state index contributed by atoms with van der Waals surface area (Å²) >= 11 is 0. The Labute approximate surface area is 427 Å². The van der Waals surface area contributed by atoms with Crippen molar-refractivity contribution in [2.24, 2.45) is 0 Å². The van der Waals surface area contributed by atoms with Crippen molar-refractivity contribution >= 4 is 86.3 Å². The van der Waals surface area contributed by atoms with Crippen LogP contribution in [0.15, 0.2) is 261 Å². The van der Waals surface area contributed by atoms with Gasteiger partial charge in [-0.15, -0.1) is 0 Å². The van der Waals surface area contributed by atoms with Crippen molar-refractivity contribution in [3.05, 3.63) is 261 Å². The highest BCUT2D eigenvalue weighted by Gasteiger charge is 2.19. The first-order valence-electron chi connectivity index (χ1n) is 25.3. The van der Waals surface area contributed by atoms with E-state index >= 15 is 0 Å². The molecule has 0 N–H and O–H groups in total. The molecule has 2 heterocycles. The molecule has 0 unspecified atom stereocenters. The van der Waals surface area contributed by atoms with Crippen molar-refractivity contribution in [3.8, 4) is 67.4 Å². The first-order chi connectivity index (χ1) is 36.7. The van der Waals surface area contributed by atoms with E-state index in [0.29, 0.717) is 5.82 Å². The van der Waals surface area contributed by atoms with Gasteiger partial charge in [-0.2, -0.15) is 0 Å². The van der Waals surface area contributed by atoms with E-state index in [2.05, 4.69) is 237 Å². The minimum atomic E-state index is 0.700. The Bertz CT molecular complexity index is 4630. The Morgan fingerprint density at radius 1 is 0.176 bits per heavy atom. The molecule has 74 heavy (non-hydrogen) atoms. The van der Waals surface area contributed by atoms with Crippen LogP contribution in [-0.2, 0) is 0 Å². The Morgan fingerprint density at radius 2 is 0.527 bits per heavy atom. The van der Waals surface area contributed by atoms with E-state index in [4.69, 9.17) is 15.0 Å². The highest BCUT2D eigenvalue weighted by Crippen LogP contribution is 2.44. The van der Waals surface area contributed by atoms with Gasteiger partial charge in [-0.25, -0.2) is 15.0 Å². The van der Waals surface area contributed by atoms with Gasteiger partial charge in [0.15, 0.2) is 5.82 Å². The number of rotatable bonds is 6. The molecule has 0 saturated carbocycles. The van der Waals surface area contributed by atoms with Crippen molar-refractivity contribution in [2.45, 2.75) is 0 Å². The Balaban J connectivity index is 0.956. The van der Waals surface area contributed by atoms with E-state index in [1.165, 1.54) is 64.6 Å². The third-order valence-electron chi connectivity index (χ3n) is 15.2. The second-order valence-corrected chi connectivity index (χ2v) is 19.4. The summed E-state index contributed by atoms with van der Waals surface area (Å²) in [4.78, 5) is 15.9. The lowest BCUT2D eigenvalue weighted by atomic mass is 9.88. The lowest BCUT2D eigenvalue weighted by Gasteiger charge is -2.17. The van der Waals surface area contributed by atoms with Gasteiger partial charge in [-0.3, -0.25) is 0 Å². The van der Waals surface area contributed by atoms with Gasteiger partial charge < -0.3 is 0 Å². The number of hydrogen-bond donors (Lipinski definition) is 0. The molecule has 0 aliphatic heterocycles. The van der Waals surface area contributed by atoms with Crippen molar-refractivity contribution in [2.75, 3.05) is 0 Å². The molecule has 0 aliphatic rings. The third kappa shape index (κ3) is 6.78.